The van der Waals surface area contributed by atoms with Crippen molar-refractivity contribution in [2.75, 3.05) is 6.54 Å². The molecule has 0 bridgehead atoms. The number of aliphatic hydroxyl groups is 1. The minimum Gasteiger partial charge on any atom is -0.475 e. The summed E-state index contributed by atoms with van der Waals surface area (Å²) < 4.78 is 5.14. The van der Waals surface area contributed by atoms with E-state index in [1.54, 1.807) is 6.07 Å². The van der Waals surface area contributed by atoms with Crippen LogP contribution in [-0.2, 0) is 6.54 Å². The SMILES string of the molecule is O=C(O)c1ccc(CNCC2CCCCC2O)o1. The summed E-state index contributed by atoms with van der Waals surface area (Å²) in [4.78, 5) is 10.6. The first kappa shape index (κ1) is 13.1. The van der Waals surface area contributed by atoms with Crippen LogP contribution in [0.4, 0.5) is 0 Å². The maximum atomic E-state index is 10.6. The van der Waals surface area contributed by atoms with E-state index in [2.05, 4.69) is 5.32 Å². The highest BCUT2D eigenvalue weighted by Gasteiger charge is 2.22. The van der Waals surface area contributed by atoms with Gasteiger partial charge in [0.2, 0.25) is 5.76 Å². The van der Waals surface area contributed by atoms with Gasteiger partial charge in [-0.2, -0.15) is 0 Å². The van der Waals surface area contributed by atoms with Crippen molar-refractivity contribution in [3.8, 4) is 0 Å². The molecule has 0 spiro atoms. The van der Waals surface area contributed by atoms with Gasteiger partial charge < -0.3 is 19.9 Å². The van der Waals surface area contributed by atoms with E-state index in [-0.39, 0.29) is 11.9 Å². The first-order valence-corrected chi connectivity index (χ1v) is 6.37. The molecule has 1 saturated carbocycles. The normalized spacial score (nSPS) is 24.1. The Hall–Kier alpha value is -1.33. The Morgan fingerprint density at radius 1 is 1.39 bits per heavy atom. The first-order valence-electron chi connectivity index (χ1n) is 6.37. The third-order valence-corrected chi connectivity index (χ3v) is 3.45. The molecule has 100 valence electrons. The first-order chi connectivity index (χ1) is 8.66. The summed E-state index contributed by atoms with van der Waals surface area (Å²) in [5, 5.41) is 21.7. The van der Waals surface area contributed by atoms with Gasteiger partial charge in [-0.05, 0) is 30.9 Å². The fraction of sp³-hybridized carbons (Fsp3) is 0.615. The fourth-order valence-electron chi connectivity index (χ4n) is 2.39. The predicted molar refractivity (Wildman–Crippen MR) is 65.3 cm³/mol. The average Bonchev–Trinajstić information content (AvgIpc) is 2.80. The Bertz CT molecular complexity index is 401. The molecular weight excluding hydrogens is 234 g/mol. The summed E-state index contributed by atoms with van der Waals surface area (Å²) in [5.74, 6) is -0.182. The fourth-order valence-corrected chi connectivity index (χ4v) is 2.39. The molecule has 2 unspecified atom stereocenters. The number of hydrogen-bond acceptors (Lipinski definition) is 4. The Morgan fingerprint density at radius 3 is 2.83 bits per heavy atom. The van der Waals surface area contributed by atoms with E-state index in [1.165, 1.54) is 12.5 Å². The molecule has 1 aromatic heterocycles. The molecule has 5 heteroatoms. The number of carbonyl (C=O) groups is 1. The maximum absolute atomic E-state index is 10.6. The highest BCUT2D eigenvalue weighted by molar-refractivity contribution is 5.84. The van der Waals surface area contributed by atoms with Crippen LogP contribution in [0.2, 0.25) is 0 Å². The molecule has 5 nitrogen and oxygen atoms in total. The summed E-state index contributed by atoms with van der Waals surface area (Å²) in [7, 11) is 0. The van der Waals surface area contributed by atoms with Crippen LogP contribution in [0.5, 0.6) is 0 Å². The zero-order valence-electron chi connectivity index (χ0n) is 10.3. The number of aliphatic hydroxyl groups excluding tert-OH is 1. The van der Waals surface area contributed by atoms with Crippen LogP contribution in [0, 0.1) is 5.92 Å². The van der Waals surface area contributed by atoms with E-state index in [0.29, 0.717) is 18.2 Å². The molecule has 2 rings (SSSR count). The summed E-state index contributed by atoms with van der Waals surface area (Å²) in [6.45, 7) is 1.24. The average molecular weight is 253 g/mol. The molecule has 0 radical (unpaired) electrons. The Balaban J connectivity index is 1.75. The van der Waals surface area contributed by atoms with Crippen LogP contribution in [-0.4, -0.2) is 28.8 Å². The van der Waals surface area contributed by atoms with Gasteiger partial charge in [0.15, 0.2) is 0 Å². The van der Waals surface area contributed by atoms with Crippen molar-refractivity contribution in [2.24, 2.45) is 5.92 Å². The second kappa shape index (κ2) is 6.02. The smallest absolute Gasteiger partial charge is 0.371 e. The van der Waals surface area contributed by atoms with Gasteiger partial charge in [0.05, 0.1) is 12.6 Å². The Labute approximate surface area is 106 Å². The van der Waals surface area contributed by atoms with Crippen molar-refractivity contribution in [2.45, 2.75) is 38.3 Å². The highest BCUT2D eigenvalue weighted by Crippen LogP contribution is 2.23. The summed E-state index contributed by atoms with van der Waals surface area (Å²) >= 11 is 0. The van der Waals surface area contributed by atoms with E-state index >= 15 is 0 Å². The lowest BCUT2D eigenvalue weighted by atomic mass is 9.86. The topological polar surface area (TPSA) is 82.7 Å². The molecule has 0 amide bonds. The minimum absolute atomic E-state index is 0.0375. The van der Waals surface area contributed by atoms with Gasteiger partial charge in [-0.15, -0.1) is 0 Å². The van der Waals surface area contributed by atoms with Crippen LogP contribution in [0.25, 0.3) is 0 Å². The van der Waals surface area contributed by atoms with Gasteiger partial charge in [-0.25, -0.2) is 4.79 Å². The van der Waals surface area contributed by atoms with Crippen LogP contribution in [0.15, 0.2) is 16.5 Å². The van der Waals surface area contributed by atoms with E-state index in [1.807, 2.05) is 0 Å². The third-order valence-electron chi connectivity index (χ3n) is 3.45. The van der Waals surface area contributed by atoms with Crippen LogP contribution in [0.3, 0.4) is 0 Å². The molecule has 0 aromatic carbocycles. The molecule has 1 aliphatic rings. The lowest BCUT2D eigenvalue weighted by Gasteiger charge is -2.27. The number of furan rings is 1. The van der Waals surface area contributed by atoms with Crippen molar-refractivity contribution < 1.29 is 19.4 Å². The number of carboxylic acid groups (broad SMARTS) is 1. The summed E-state index contributed by atoms with van der Waals surface area (Å²) in [5.41, 5.74) is 0. The molecule has 2 atom stereocenters. The molecule has 1 aromatic rings. The lowest BCUT2D eigenvalue weighted by molar-refractivity contribution is 0.0659. The molecular formula is C13H19NO4. The molecule has 0 saturated heterocycles. The van der Waals surface area contributed by atoms with Gasteiger partial charge in [0.25, 0.3) is 0 Å². The van der Waals surface area contributed by atoms with Crippen molar-refractivity contribution in [1.29, 1.82) is 0 Å². The van der Waals surface area contributed by atoms with Crippen molar-refractivity contribution in [3.05, 3.63) is 23.7 Å². The maximum Gasteiger partial charge on any atom is 0.371 e. The number of rotatable bonds is 5. The van der Waals surface area contributed by atoms with Gasteiger partial charge in [0, 0.05) is 6.54 Å². The van der Waals surface area contributed by atoms with Gasteiger partial charge in [-0.3, -0.25) is 0 Å². The van der Waals surface area contributed by atoms with Gasteiger partial charge in [-0.1, -0.05) is 12.8 Å². The largest absolute Gasteiger partial charge is 0.475 e. The van der Waals surface area contributed by atoms with Gasteiger partial charge in [0.1, 0.15) is 5.76 Å². The van der Waals surface area contributed by atoms with Crippen LogP contribution < -0.4 is 5.32 Å². The minimum atomic E-state index is -1.05. The van der Waals surface area contributed by atoms with Crippen molar-refractivity contribution >= 4 is 5.97 Å². The number of nitrogens with one attached hydrogen (secondary N) is 1. The summed E-state index contributed by atoms with van der Waals surface area (Å²) in [6, 6.07) is 3.11. The number of aromatic carboxylic acids is 1. The van der Waals surface area contributed by atoms with E-state index in [4.69, 9.17) is 9.52 Å². The molecule has 0 aliphatic heterocycles. The number of hydrogen-bond donors (Lipinski definition) is 3. The monoisotopic (exact) mass is 253 g/mol. The second-order valence-electron chi connectivity index (χ2n) is 4.81. The van der Waals surface area contributed by atoms with Crippen LogP contribution in [0.1, 0.15) is 42.0 Å². The Kier molecular flexibility index (Phi) is 4.38. The summed E-state index contributed by atoms with van der Waals surface area (Å²) in [6.07, 6.45) is 4.01. The quantitative estimate of drug-likeness (QED) is 0.742. The molecule has 3 N–H and O–H groups in total. The molecule has 1 fully saturated rings. The van der Waals surface area contributed by atoms with E-state index in [9.17, 15) is 9.90 Å². The third kappa shape index (κ3) is 3.34. The Morgan fingerprint density at radius 2 is 2.17 bits per heavy atom. The highest BCUT2D eigenvalue weighted by atomic mass is 16.4. The zero-order valence-corrected chi connectivity index (χ0v) is 10.3. The lowest BCUT2D eigenvalue weighted by Crippen LogP contribution is -2.33. The van der Waals surface area contributed by atoms with Crippen LogP contribution >= 0.6 is 0 Å². The molecule has 1 aliphatic carbocycles. The molecule has 18 heavy (non-hydrogen) atoms. The van der Waals surface area contributed by atoms with E-state index < -0.39 is 5.97 Å². The van der Waals surface area contributed by atoms with Gasteiger partial charge >= 0.3 is 5.97 Å². The van der Waals surface area contributed by atoms with E-state index in [0.717, 1.165) is 25.8 Å². The zero-order chi connectivity index (χ0) is 13.0. The predicted octanol–water partition coefficient (Wildman–Crippen LogP) is 1.62. The number of carboxylic acids is 1. The standard InChI is InChI=1S/C13H19NO4/c15-11-4-2-1-3-9(11)7-14-8-10-5-6-12(18-10)13(16)17/h5-6,9,11,14-15H,1-4,7-8H2,(H,16,17). The second-order valence-corrected chi connectivity index (χ2v) is 4.81. The molecule has 1 heterocycles. The van der Waals surface area contributed by atoms with Crippen molar-refractivity contribution in [1.82, 2.24) is 5.32 Å². The van der Waals surface area contributed by atoms with Crippen molar-refractivity contribution in [3.63, 3.8) is 0 Å².